The SMILES string of the molecule is O=C(CSc1nc(C(F)(F)F)nc2ccccc12)NC[C@@H]1CN(Cc2ccccc2)CCO1. The Morgan fingerprint density at radius 2 is 1.88 bits per heavy atom. The first-order valence-corrected chi connectivity index (χ1v) is 11.5. The van der Waals surface area contributed by atoms with Crippen molar-refractivity contribution in [3.05, 3.63) is 66.0 Å². The lowest BCUT2D eigenvalue weighted by Gasteiger charge is -2.33. The van der Waals surface area contributed by atoms with E-state index in [0.717, 1.165) is 24.9 Å². The molecule has 0 radical (unpaired) electrons. The van der Waals surface area contributed by atoms with Crippen LogP contribution in [0, 0.1) is 0 Å². The van der Waals surface area contributed by atoms with Crippen molar-refractivity contribution in [3.63, 3.8) is 0 Å². The zero-order valence-electron chi connectivity index (χ0n) is 17.7. The van der Waals surface area contributed by atoms with Gasteiger partial charge in [-0.15, -0.1) is 0 Å². The Kier molecular flexibility index (Phi) is 7.46. The molecule has 1 fully saturated rings. The molecule has 1 atom stereocenters. The third-order valence-electron chi connectivity index (χ3n) is 5.16. The molecule has 0 unspecified atom stereocenters. The zero-order chi connectivity index (χ0) is 23.3. The number of hydrogen-bond acceptors (Lipinski definition) is 6. The van der Waals surface area contributed by atoms with Crippen LogP contribution >= 0.6 is 11.8 Å². The summed E-state index contributed by atoms with van der Waals surface area (Å²) in [5, 5.41) is 3.44. The molecular weight excluding hydrogens is 453 g/mol. The number of amides is 1. The fourth-order valence-electron chi connectivity index (χ4n) is 3.59. The summed E-state index contributed by atoms with van der Waals surface area (Å²) < 4.78 is 45.2. The molecule has 1 aromatic heterocycles. The van der Waals surface area contributed by atoms with E-state index in [0.29, 0.717) is 25.1 Å². The second-order valence-corrected chi connectivity index (χ2v) is 8.64. The van der Waals surface area contributed by atoms with Crippen molar-refractivity contribution in [2.75, 3.05) is 32.0 Å². The van der Waals surface area contributed by atoms with Crippen molar-refractivity contribution < 1.29 is 22.7 Å². The van der Waals surface area contributed by atoms with Crippen molar-refractivity contribution in [2.45, 2.75) is 23.9 Å². The third kappa shape index (κ3) is 6.43. The fraction of sp³-hybridized carbons (Fsp3) is 0.348. The number of nitrogens with zero attached hydrogens (tertiary/aromatic N) is 3. The number of hydrogen-bond donors (Lipinski definition) is 1. The van der Waals surface area contributed by atoms with Crippen LogP contribution in [0.1, 0.15) is 11.4 Å². The van der Waals surface area contributed by atoms with Gasteiger partial charge in [0.1, 0.15) is 5.03 Å². The summed E-state index contributed by atoms with van der Waals surface area (Å²) in [6.07, 6.45) is -4.81. The van der Waals surface area contributed by atoms with E-state index in [1.807, 2.05) is 18.2 Å². The number of fused-ring (bicyclic) bond motifs is 1. The lowest BCUT2D eigenvalue weighted by atomic mass is 10.2. The maximum absolute atomic E-state index is 13.2. The number of thioether (sulfide) groups is 1. The number of morpholine rings is 1. The van der Waals surface area contributed by atoms with Gasteiger partial charge in [0, 0.05) is 31.6 Å². The molecule has 1 aliphatic heterocycles. The van der Waals surface area contributed by atoms with E-state index >= 15 is 0 Å². The van der Waals surface area contributed by atoms with Gasteiger partial charge < -0.3 is 10.1 Å². The van der Waals surface area contributed by atoms with E-state index in [4.69, 9.17) is 4.74 Å². The number of alkyl halides is 3. The number of carbonyl (C=O) groups is 1. The Bertz CT molecular complexity index is 1100. The molecule has 33 heavy (non-hydrogen) atoms. The minimum atomic E-state index is -4.66. The molecule has 2 aromatic carbocycles. The Balaban J connectivity index is 1.31. The molecule has 174 valence electrons. The van der Waals surface area contributed by atoms with Crippen LogP contribution in [-0.2, 0) is 22.3 Å². The topological polar surface area (TPSA) is 67.4 Å². The highest BCUT2D eigenvalue weighted by Gasteiger charge is 2.35. The lowest BCUT2D eigenvalue weighted by Crippen LogP contribution is -2.47. The number of ether oxygens (including phenoxy) is 1. The number of nitrogens with one attached hydrogen (secondary N) is 1. The molecule has 4 rings (SSSR count). The first kappa shape index (κ1) is 23.5. The quantitative estimate of drug-likeness (QED) is 0.414. The summed E-state index contributed by atoms with van der Waals surface area (Å²) in [5.74, 6) is -1.56. The normalized spacial score (nSPS) is 17.2. The Hall–Kier alpha value is -2.69. The Morgan fingerprint density at radius 3 is 2.67 bits per heavy atom. The molecule has 1 amide bonds. The number of halogens is 3. The fourth-order valence-corrected chi connectivity index (χ4v) is 4.44. The molecule has 2 heterocycles. The summed E-state index contributed by atoms with van der Waals surface area (Å²) in [5.41, 5.74) is 1.41. The monoisotopic (exact) mass is 476 g/mol. The zero-order valence-corrected chi connectivity index (χ0v) is 18.5. The Morgan fingerprint density at radius 1 is 1.12 bits per heavy atom. The van der Waals surface area contributed by atoms with E-state index in [2.05, 4.69) is 32.3 Å². The van der Waals surface area contributed by atoms with Gasteiger partial charge in [-0.2, -0.15) is 13.2 Å². The maximum atomic E-state index is 13.2. The molecule has 1 N–H and O–H groups in total. The average Bonchev–Trinajstić information content (AvgIpc) is 2.81. The van der Waals surface area contributed by atoms with Crippen LogP contribution in [0.2, 0.25) is 0 Å². The molecule has 1 saturated heterocycles. The van der Waals surface area contributed by atoms with Gasteiger partial charge >= 0.3 is 6.18 Å². The minimum Gasteiger partial charge on any atom is -0.374 e. The van der Waals surface area contributed by atoms with Gasteiger partial charge in [-0.1, -0.05) is 60.3 Å². The second-order valence-electron chi connectivity index (χ2n) is 7.67. The summed E-state index contributed by atoms with van der Waals surface area (Å²) in [6.45, 7) is 3.23. The van der Waals surface area contributed by atoms with Crippen LogP contribution in [0.15, 0.2) is 59.6 Å². The van der Waals surface area contributed by atoms with Crippen LogP contribution in [0.3, 0.4) is 0 Å². The highest BCUT2D eigenvalue weighted by atomic mass is 32.2. The third-order valence-corrected chi connectivity index (χ3v) is 6.15. The predicted octanol–water partition coefficient (Wildman–Crippen LogP) is 3.76. The van der Waals surface area contributed by atoms with Crippen molar-refractivity contribution in [2.24, 2.45) is 0 Å². The first-order valence-electron chi connectivity index (χ1n) is 10.5. The number of aromatic nitrogens is 2. The van der Waals surface area contributed by atoms with E-state index in [1.165, 1.54) is 11.6 Å². The molecule has 0 saturated carbocycles. The summed E-state index contributed by atoms with van der Waals surface area (Å²) in [7, 11) is 0. The molecule has 0 bridgehead atoms. The molecule has 10 heteroatoms. The van der Waals surface area contributed by atoms with Gasteiger partial charge in [0.2, 0.25) is 11.7 Å². The van der Waals surface area contributed by atoms with Crippen LogP contribution < -0.4 is 5.32 Å². The van der Waals surface area contributed by atoms with E-state index < -0.39 is 12.0 Å². The van der Waals surface area contributed by atoms with Gasteiger partial charge in [0.25, 0.3) is 0 Å². The van der Waals surface area contributed by atoms with Gasteiger partial charge in [-0.25, -0.2) is 9.97 Å². The average molecular weight is 477 g/mol. The highest BCUT2D eigenvalue weighted by Crippen LogP contribution is 2.31. The molecular formula is C23H23F3N4O2S. The first-order chi connectivity index (χ1) is 15.9. The lowest BCUT2D eigenvalue weighted by molar-refractivity contribution is -0.145. The van der Waals surface area contributed by atoms with Crippen molar-refractivity contribution in [1.82, 2.24) is 20.2 Å². The molecule has 0 spiro atoms. The number of benzene rings is 2. The smallest absolute Gasteiger partial charge is 0.374 e. The van der Waals surface area contributed by atoms with E-state index in [1.54, 1.807) is 18.2 Å². The highest BCUT2D eigenvalue weighted by molar-refractivity contribution is 8.00. The van der Waals surface area contributed by atoms with Crippen LogP contribution in [0.25, 0.3) is 10.9 Å². The summed E-state index contributed by atoms with van der Waals surface area (Å²) >= 11 is 0.963. The molecule has 0 aliphatic carbocycles. The van der Waals surface area contributed by atoms with Crippen LogP contribution in [-0.4, -0.2) is 58.9 Å². The van der Waals surface area contributed by atoms with Gasteiger partial charge in [-0.05, 0) is 11.6 Å². The molecule has 1 aliphatic rings. The maximum Gasteiger partial charge on any atom is 0.451 e. The second kappa shape index (κ2) is 10.5. The van der Waals surface area contributed by atoms with Crippen LogP contribution in [0.5, 0.6) is 0 Å². The standard InChI is InChI=1S/C23H23F3N4O2S/c24-23(25,26)22-28-19-9-5-4-8-18(19)21(29-22)33-15-20(31)27-12-17-14-30(10-11-32-17)13-16-6-2-1-3-7-16/h1-9,17H,10-15H2,(H,27,31)/t17-/m1/s1. The van der Waals surface area contributed by atoms with Crippen molar-refractivity contribution >= 4 is 28.6 Å². The summed E-state index contributed by atoms with van der Waals surface area (Å²) in [4.78, 5) is 21.9. The summed E-state index contributed by atoms with van der Waals surface area (Å²) in [6, 6.07) is 16.6. The van der Waals surface area contributed by atoms with Crippen LogP contribution in [0.4, 0.5) is 13.2 Å². The van der Waals surface area contributed by atoms with E-state index in [9.17, 15) is 18.0 Å². The Labute approximate surface area is 193 Å². The number of carbonyl (C=O) groups excluding carboxylic acids is 1. The van der Waals surface area contributed by atoms with Gasteiger partial charge in [0.15, 0.2) is 0 Å². The largest absolute Gasteiger partial charge is 0.451 e. The van der Waals surface area contributed by atoms with Crippen molar-refractivity contribution in [3.8, 4) is 0 Å². The predicted molar refractivity (Wildman–Crippen MR) is 120 cm³/mol. The van der Waals surface area contributed by atoms with Gasteiger partial charge in [-0.3, -0.25) is 9.69 Å². The number of para-hydroxylation sites is 1. The molecule has 3 aromatic rings. The number of rotatable bonds is 7. The minimum absolute atomic E-state index is 0.0568. The molecule has 6 nitrogen and oxygen atoms in total. The van der Waals surface area contributed by atoms with Crippen molar-refractivity contribution in [1.29, 1.82) is 0 Å². The van der Waals surface area contributed by atoms with Gasteiger partial charge in [0.05, 0.1) is 24.0 Å². The van der Waals surface area contributed by atoms with E-state index in [-0.39, 0.29) is 28.3 Å².